The van der Waals surface area contributed by atoms with Gasteiger partial charge < -0.3 is 14.4 Å². The molecule has 0 saturated carbocycles. The van der Waals surface area contributed by atoms with Crippen LogP contribution in [0.3, 0.4) is 0 Å². The van der Waals surface area contributed by atoms with E-state index in [2.05, 4.69) is 12.6 Å². The first-order valence-electron chi connectivity index (χ1n) is 5.18. The Balaban J connectivity index is 2.73. The van der Waals surface area contributed by atoms with Crippen LogP contribution in [0.2, 0.25) is 0 Å². The van der Waals surface area contributed by atoms with Gasteiger partial charge in [0.15, 0.2) is 0 Å². The summed E-state index contributed by atoms with van der Waals surface area (Å²) in [6, 6.07) is 3.40. The van der Waals surface area contributed by atoms with Crippen molar-refractivity contribution in [2.24, 2.45) is 5.92 Å². The summed E-state index contributed by atoms with van der Waals surface area (Å²) in [5, 5.41) is 8.77. The summed E-state index contributed by atoms with van der Waals surface area (Å²) in [5.41, 5.74) is 0. The summed E-state index contributed by atoms with van der Waals surface area (Å²) in [5.74, 6) is -0.652. The Bertz CT molecular complexity index is 377. The van der Waals surface area contributed by atoms with Crippen LogP contribution in [0.4, 0.5) is 0 Å². The lowest BCUT2D eigenvalue weighted by Gasteiger charge is -2.22. The molecule has 0 aliphatic carbocycles. The first-order valence-corrected chi connectivity index (χ1v) is 5.81. The molecule has 1 aromatic rings. The molecule has 1 heterocycles. The van der Waals surface area contributed by atoms with Gasteiger partial charge in [-0.15, -0.1) is 0 Å². The highest BCUT2D eigenvalue weighted by atomic mass is 32.1. The van der Waals surface area contributed by atoms with E-state index in [0.717, 1.165) is 0 Å². The number of furan rings is 1. The second kappa shape index (κ2) is 6.34. The molecule has 6 heteroatoms. The molecule has 0 radical (unpaired) electrons. The minimum absolute atomic E-state index is 0.163. The van der Waals surface area contributed by atoms with E-state index < -0.39 is 5.97 Å². The normalized spacial score (nSPS) is 12.1. The molecular weight excluding hydrogens is 242 g/mol. The molecule has 0 aromatic carbocycles. The Kier molecular flexibility index (Phi) is 5.09. The zero-order valence-corrected chi connectivity index (χ0v) is 10.4. The topological polar surface area (TPSA) is 70.8 Å². The molecule has 5 nitrogen and oxygen atoms in total. The lowest BCUT2D eigenvalue weighted by molar-refractivity contribution is -0.146. The Labute approximate surface area is 105 Å². The maximum Gasteiger partial charge on any atom is 0.323 e. The largest absolute Gasteiger partial charge is 0.480 e. The van der Waals surface area contributed by atoms with E-state index in [0.29, 0.717) is 11.5 Å². The highest BCUT2D eigenvalue weighted by Gasteiger charge is 2.22. The molecule has 1 atom stereocenters. The number of carboxylic acid groups (broad SMARTS) is 1. The Morgan fingerprint density at radius 2 is 2.29 bits per heavy atom. The first kappa shape index (κ1) is 13.6. The van der Waals surface area contributed by atoms with Crippen molar-refractivity contribution in [3.05, 3.63) is 24.2 Å². The van der Waals surface area contributed by atoms with Gasteiger partial charge in [-0.05, 0) is 12.1 Å². The van der Waals surface area contributed by atoms with Gasteiger partial charge in [-0.25, -0.2) is 0 Å². The van der Waals surface area contributed by atoms with Crippen LogP contribution < -0.4 is 0 Å². The quantitative estimate of drug-likeness (QED) is 0.753. The minimum Gasteiger partial charge on any atom is -0.480 e. The van der Waals surface area contributed by atoms with Crippen LogP contribution in [0.1, 0.15) is 12.7 Å². The third kappa shape index (κ3) is 4.14. The van der Waals surface area contributed by atoms with Gasteiger partial charge >= 0.3 is 5.97 Å². The van der Waals surface area contributed by atoms with Crippen LogP contribution in [0.15, 0.2) is 22.8 Å². The summed E-state index contributed by atoms with van der Waals surface area (Å²) in [6.07, 6.45) is 1.49. The third-order valence-electron chi connectivity index (χ3n) is 2.26. The predicted octanol–water partition coefficient (Wildman–Crippen LogP) is 1.26. The van der Waals surface area contributed by atoms with Gasteiger partial charge in [-0.1, -0.05) is 6.92 Å². The molecule has 0 aliphatic heterocycles. The highest BCUT2D eigenvalue weighted by Crippen LogP contribution is 2.10. The van der Waals surface area contributed by atoms with Crippen LogP contribution in [0, 0.1) is 5.92 Å². The van der Waals surface area contributed by atoms with Gasteiger partial charge in [-0.3, -0.25) is 9.59 Å². The van der Waals surface area contributed by atoms with E-state index in [1.807, 2.05) is 0 Å². The molecule has 0 saturated heterocycles. The van der Waals surface area contributed by atoms with E-state index in [9.17, 15) is 9.59 Å². The molecule has 1 aromatic heterocycles. The Morgan fingerprint density at radius 1 is 1.59 bits per heavy atom. The number of nitrogens with zero attached hydrogens (tertiary/aromatic N) is 1. The van der Waals surface area contributed by atoms with E-state index in [1.165, 1.54) is 11.2 Å². The molecule has 0 bridgehead atoms. The average Bonchev–Trinajstić information content (AvgIpc) is 2.78. The van der Waals surface area contributed by atoms with E-state index in [4.69, 9.17) is 9.52 Å². The number of rotatable bonds is 6. The zero-order chi connectivity index (χ0) is 12.8. The van der Waals surface area contributed by atoms with Crippen molar-refractivity contribution >= 4 is 24.5 Å². The van der Waals surface area contributed by atoms with Crippen molar-refractivity contribution in [1.29, 1.82) is 0 Å². The number of carbonyl (C=O) groups excluding carboxylic acids is 1. The second-order valence-corrected chi connectivity index (χ2v) is 4.12. The summed E-state index contributed by atoms with van der Waals surface area (Å²) in [7, 11) is 0. The van der Waals surface area contributed by atoms with Gasteiger partial charge in [0.05, 0.1) is 12.8 Å². The van der Waals surface area contributed by atoms with Gasteiger partial charge in [-0.2, -0.15) is 12.6 Å². The maximum absolute atomic E-state index is 11.9. The molecule has 1 amide bonds. The fourth-order valence-electron chi connectivity index (χ4n) is 1.36. The molecule has 1 rings (SSSR count). The molecule has 94 valence electrons. The maximum atomic E-state index is 11.9. The number of carboxylic acids is 1. The molecule has 0 aliphatic rings. The van der Waals surface area contributed by atoms with Gasteiger partial charge in [0, 0.05) is 11.7 Å². The Morgan fingerprint density at radius 3 is 2.76 bits per heavy atom. The molecule has 0 spiro atoms. The molecule has 0 fully saturated rings. The summed E-state index contributed by atoms with van der Waals surface area (Å²) >= 11 is 4.04. The number of aliphatic carboxylic acids is 1. The number of hydrogen-bond acceptors (Lipinski definition) is 4. The van der Waals surface area contributed by atoms with Gasteiger partial charge in [0.25, 0.3) is 0 Å². The van der Waals surface area contributed by atoms with Crippen molar-refractivity contribution in [1.82, 2.24) is 4.90 Å². The SMILES string of the molecule is C[C@@H](CS)C(=O)N(CC(=O)O)Cc1ccco1. The summed E-state index contributed by atoms with van der Waals surface area (Å²) in [4.78, 5) is 23.9. The van der Waals surface area contributed by atoms with Crippen molar-refractivity contribution in [2.45, 2.75) is 13.5 Å². The van der Waals surface area contributed by atoms with Gasteiger partial charge in [0.1, 0.15) is 12.3 Å². The van der Waals surface area contributed by atoms with Gasteiger partial charge in [0.2, 0.25) is 5.91 Å². The first-order chi connectivity index (χ1) is 8.04. The monoisotopic (exact) mass is 257 g/mol. The van der Waals surface area contributed by atoms with Crippen molar-refractivity contribution in [2.75, 3.05) is 12.3 Å². The fraction of sp³-hybridized carbons (Fsp3) is 0.455. The predicted molar refractivity (Wildman–Crippen MR) is 64.8 cm³/mol. The fourth-order valence-corrected chi connectivity index (χ4v) is 1.51. The van der Waals surface area contributed by atoms with E-state index >= 15 is 0 Å². The number of amides is 1. The van der Waals surface area contributed by atoms with Crippen molar-refractivity contribution in [3.8, 4) is 0 Å². The molecule has 17 heavy (non-hydrogen) atoms. The van der Waals surface area contributed by atoms with E-state index in [-0.39, 0.29) is 24.9 Å². The van der Waals surface area contributed by atoms with E-state index in [1.54, 1.807) is 19.1 Å². The van der Waals surface area contributed by atoms with Crippen LogP contribution in [0.5, 0.6) is 0 Å². The third-order valence-corrected chi connectivity index (χ3v) is 2.81. The summed E-state index contributed by atoms with van der Waals surface area (Å²) in [6.45, 7) is 1.54. The highest BCUT2D eigenvalue weighted by molar-refractivity contribution is 7.80. The number of carbonyl (C=O) groups is 2. The lowest BCUT2D eigenvalue weighted by Crippen LogP contribution is -2.38. The zero-order valence-electron chi connectivity index (χ0n) is 9.50. The number of hydrogen-bond donors (Lipinski definition) is 2. The molecule has 1 N–H and O–H groups in total. The van der Waals surface area contributed by atoms with Crippen LogP contribution in [-0.2, 0) is 16.1 Å². The Hall–Kier alpha value is -1.43. The average molecular weight is 257 g/mol. The van der Waals surface area contributed by atoms with Crippen LogP contribution >= 0.6 is 12.6 Å². The van der Waals surface area contributed by atoms with Crippen molar-refractivity contribution in [3.63, 3.8) is 0 Å². The lowest BCUT2D eigenvalue weighted by atomic mass is 10.2. The second-order valence-electron chi connectivity index (χ2n) is 3.75. The number of thiol groups is 1. The molecule has 0 unspecified atom stereocenters. The standard InChI is InChI=1S/C11H15NO4S/c1-8(7-17)11(15)12(6-10(13)14)5-9-3-2-4-16-9/h2-4,8,17H,5-7H2,1H3,(H,13,14)/t8-/m0/s1. The van der Waals surface area contributed by atoms with Crippen LogP contribution in [-0.4, -0.2) is 34.2 Å². The minimum atomic E-state index is -1.05. The molecular formula is C11H15NO4S. The van der Waals surface area contributed by atoms with Crippen LogP contribution in [0.25, 0.3) is 0 Å². The smallest absolute Gasteiger partial charge is 0.323 e. The summed E-state index contributed by atoms with van der Waals surface area (Å²) < 4.78 is 5.10. The van der Waals surface area contributed by atoms with Crippen molar-refractivity contribution < 1.29 is 19.1 Å².